The Morgan fingerprint density at radius 2 is 2.18 bits per heavy atom. The van der Waals surface area contributed by atoms with Gasteiger partial charge >= 0.3 is 0 Å². The number of amidine groups is 1. The van der Waals surface area contributed by atoms with Gasteiger partial charge in [0.2, 0.25) is 5.03 Å². The van der Waals surface area contributed by atoms with Crippen LogP contribution in [0.1, 0.15) is 13.8 Å². The summed E-state index contributed by atoms with van der Waals surface area (Å²) >= 11 is 0. The van der Waals surface area contributed by atoms with E-state index in [4.69, 9.17) is 11.1 Å². The molecule has 0 amide bonds. The van der Waals surface area contributed by atoms with Crippen molar-refractivity contribution in [3.8, 4) is 0 Å². The zero-order chi connectivity index (χ0) is 13.3. The quantitative estimate of drug-likeness (QED) is 0.531. The normalized spacial score (nSPS) is 12.4. The van der Waals surface area contributed by atoms with Crippen LogP contribution in [0.2, 0.25) is 0 Å². The van der Waals surface area contributed by atoms with Gasteiger partial charge in [-0.2, -0.15) is 4.72 Å². The summed E-state index contributed by atoms with van der Waals surface area (Å²) in [6, 6.07) is 2.27. The van der Waals surface area contributed by atoms with Gasteiger partial charge in [-0.15, -0.1) is 0 Å². The fourth-order valence-electron chi connectivity index (χ4n) is 1.01. The summed E-state index contributed by atoms with van der Waals surface area (Å²) in [4.78, 5) is 3.46. The molecule has 0 aromatic carbocycles. The highest BCUT2D eigenvalue weighted by molar-refractivity contribution is 7.89. The van der Waals surface area contributed by atoms with E-state index in [0.717, 1.165) is 6.07 Å². The standard InChI is InChI=1S/C9H13FN4O2S/c1-9(2,8(11)12)14-17(15,16)7-6(10)4-3-5-13-7/h3-5,14H,1-2H3,(H3,11,12). The van der Waals surface area contributed by atoms with Crippen molar-refractivity contribution < 1.29 is 12.8 Å². The Bertz CT molecular complexity index is 542. The van der Waals surface area contributed by atoms with E-state index in [1.54, 1.807) is 0 Å². The Hall–Kier alpha value is -1.54. The molecule has 1 aromatic rings. The molecule has 6 nitrogen and oxygen atoms in total. The number of nitrogens with two attached hydrogens (primary N) is 1. The maximum absolute atomic E-state index is 13.3. The first-order valence-corrected chi connectivity index (χ1v) is 6.14. The third-order valence-corrected chi connectivity index (χ3v) is 3.63. The molecule has 0 spiro atoms. The van der Waals surface area contributed by atoms with Gasteiger partial charge in [0.15, 0.2) is 5.82 Å². The number of nitrogens with one attached hydrogen (secondary N) is 2. The van der Waals surface area contributed by atoms with Gasteiger partial charge in [-0.1, -0.05) is 0 Å². The molecule has 0 bridgehead atoms. The molecular weight excluding hydrogens is 247 g/mol. The number of halogens is 1. The molecule has 1 aromatic heterocycles. The van der Waals surface area contributed by atoms with Gasteiger partial charge in [0.1, 0.15) is 5.84 Å². The maximum Gasteiger partial charge on any atom is 0.261 e. The molecule has 1 rings (SSSR count). The molecule has 0 radical (unpaired) electrons. The van der Waals surface area contributed by atoms with Crippen molar-refractivity contribution in [3.05, 3.63) is 24.1 Å². The van der Waals surface area contributed by atoms with Gasteiger partial charge in [-0.3, -0.25) is 5.41 Å². The van der Waals surface area contributed by atoms with Crippen LogP contribution in [0.25, 0.3) is 0 Å². The number of hydrogen-bond acceptors (Lipinski definition) is 4. The van der Waals surface area contributed by atoms with E-state index in [1.807, 2.05) is 0 Å². The summed E-state index contributed by atoms with van der Waals surface area (Å²) in [5.41, 5.74) is 3.93. The number of sulfonamides is 1. The maximum atomic E-state index is 13.3. The highest BCUT2D eigenvalue weighted by Gasteiger charge is 2.31. The van der Waals surface area contributed by atoms with Crippen molar-refractivity contribution in [3.63, 3.8) is 0 Å². The molecule has 0 saturated heterocycles. The van der Waals surface area contributed by atoms with Crippen molar-refractivity contribution in [1.82, 2.24) is 9.71 Å². The Balaban J connectivity index is 3.15. The van der Waals surface area contributed by atoms with E-state index in [2.05, 4.69) is 9.71 Å². The van der Waals surface area contributed by atoms with Crippen molar-refractivity contribution in [2.24, 2.45) is 5.73 Å². The minimum Gasteiger partial charge on any atom is -0.386 e. The third kappa shape index (κ3) is 2.98. The Morgan fingerprint density at radius 3 is 2.65 bits per heavy atom. The molecule has 4 N–H and O–H groups in total. The predicted molar refractivity (Wildman–Crippen MR) is 60.5 cm³/mol. The van der Waals surface area contributed by atoms with Gasteiger partial charge in [-0.05, 0) is 26.0 Å². The number of aromatic nitrogens is 1. The van der Waals surface area contributed by atoms with Crippen LogP contribution < -0.4 is 10.5 Å². The van der Waals surface area contributed by atoms with Crippen molar-refractivity contribution >= 4 is 15.9 Å². The second kappa shape index (κ2) is 4.38. The summed E-state index contributed by atoms with van der Waals surface area (Å²) in [7, 11) is -4.15. The molecule has 0 atom stereocenters. The first-order chi connectivity index (χ1) is 7.67. The number of rotatable bonds is 4. The van der Waals surface area contributed by atoms with E-state index in [1.165, 1.54) is 26.1 Å². The summed E-state index contributed by atoms with van der Waals surface area (Å²) < 4.78 is 39.0. The smallest absolute Gasteiger partial charge is 0.261 e. The van der Waals surface area contributed by atoms with Gasteiger partial charge in [-0.25, -0.2) is 17.8 Å². The summed E-state index contributed by atoms with van der Waals surface area (Å²) in [6.45, 7) is 2.79. The lowest BCUT2D eigenvalue weighted by Gasteiger charge is -2.23. The lowest BCUT2D eigenvalue weighted by Crippen LogP contribution is -2.52. The number of nitrogens with zero attached hydrogens (tertiary/aromatic N) is 1. The first kappa shape index (κ1) is 13.5. The Morgan fingerprint density at radius 1 is 1.59 bits per heavy atom. The first-order valence-electron chi connectivity index (χ1n) is 4.66. The van der Waals surface area contributed by atoms with Crippen LogP contribution in [-0.2, 0) is 10.0 Å². The Kier molecular flexibility index (Phi) is 3.48. The minimum absolute atomic E-state index is 0.377. The summed E-state index contributed by atoms with van der Waals surface area (Å²) in [5.74, 6) is -1.34. The molecule has 0 aliphatic carbocycles. The molecule has 0 aliphatic heterocycles. The van der Waals surface area contributed by atoms with Crippen molar-refractivity contribution in [1.29, 1.82) is 5.41 Å². The van der Waals surface area contributed by atoms with Crippen LogP contribution in [-0.4, -0.2) is 24.8 Å². The number of hydrogen-bond donors (Lipinski definition) is 3. The van der Waals surface area contributed by atoms with E-state index in [9.17, 15) is 12.8 Å². The minimum atomic E-state index is -4.15. The Labute approximate surface area is 98.6 Å². The zero-order valence-corrected chi connectivity index (χ0v) is 10.2. The molecule has 0 fully saturated rings. The largest absolute Gasteiger partial charge is 0.386 e. The lowest BCUT2D eigenvalue weighted by molar-refractivity contribution is 0.520. The lowest BCUT2D eigenvalue weighted by atomic mass is 10.1. The monoisotopic (exact) mass is 260 g/mol. The second-order valence-corrected chi connectivity index (χ2v) is 5.53. The van der Waals surface area contributed by atoms with E-state index in [-0.39, 0.29) is 5.84 Å². The van der Waals surface area contributed by atoms with E-state index >= 15 is 0 Å². The second-order valence-electron chi connectivity index (χ2n) is 3.93. The van der Waals surface area contributed by atoms with Crippen LogP contribution in [0.15, 0.2) is 23.4 Å². The SMILES string of the molecule is CC(C)(NS(=O)(=O)c1ncccc1F)C(=N)N. The summed E-state index contributed by atoms with van der Waals surface area (Å²) in [5, 5.41) is 6.52. The fraction of sp³-hybridized carbons (Fsp3) is 0.333. The predicted octanol–water partition coefficient (Wildman–Crippen LogP) is 0.214. The van der Waals surface area contributed by atoms with Crippen LogP contribution in [0.4, 0.5) is 4.39 Å². The summed E-state index contributed by atoms with van der Waals surface area (Å²) in [6.07, 6.45) is 1.17. The average Bonchev–Trinajstić information content (AvgIpc) is 2.16. The molecular formula is C9H13FN4O2S. The molecule has 94 valence electrons. The van der Waals surface area contributed by atoms with Gasteiger partial charge in [0.05, 0.1) is 5.54 Å². The number of pyridine rings is 1. The fourth-order valence-corrected chi connectivity index (χ4v) is 2.41. The van der Waals surface area contributed by atoms with Crippen LogP contribution in [0, 0.1) is 11.2 Å². The topological polar surface area (TPSA) is 109 Å². The van der Waals surface area contributed by atoms with Crippen LogP contribution >= 0.6 is 0 Å². The van der Waals surface area contributed by atoms with Crippen molar-refractivity contribution in [2.45, 2.75) is 24.4 Å². The van der Waals surface area contributed by atoms with Gasteiger partial charge < -0.3 is 5.73 Å². The van der Waals surface area contributed by atoms with Gasteiger partial charge in [0.25, 0.3) is 10.0 Å². The highest BCUT2D eigenvalue weighted by Crippen LogP contribution is 2.13. The molecule has 0 unspecified atom stereocenters. The van der Waals surface area contributed by atoms with E-state index < -0.39 is 26.4 Å². The third-order valence-electron chi connectivity index (χ3n) is 2.04. The molecule has 8 heteroatoms. The van der Waals surface area contributed by atoms with Crippen LogP contribution in [0.5, 0.6) is 0 Å². The highest BCUT2D eigenvalue weighted by atomic mass is 32.2. The zero-order valence-electron chi connectivity index (χ0n) is 9.36. The average molecular weight is 260 g/mol. The molecule has 17 heavy (non-hydrogen) atoms. The molecule has 1 heterocycles. The van der Waals surface area contributed by atoms with Crippen molar-refractivity contribution in [2.75, 3.05) is 0 Å². The molecule has 0 saturated carbocycles. The molecule has 0 aliphatic rings. The van der Waals surface area contributed by atoms with Gasteiger partial charge in [0, 0.05) is 6.20 Å². The van der Waals surface area contributed by atoms with Crippen LogP contribution in [0.3, 0.4) is 0 Å². The van der Waals surface area contributed by atoms with E-state index in [0.29, 0.717) is 0 Å².